The molecule has 2 aromatic rings. The smallest absolute Gasteiger partial charge is 0.344 e. The monoisotopic (exact) mass is 400 g/mol. The summed E-state index contributed by atoms with van der Waals surface area (Å²) in [6, 6.07) is 11.2. The first-order valence-electron chi connectivity index (χ1n) is 8.89. The summed E-state index contributed by atoms with van der Waals surface area (Å²) in [6.07, 6.45) is 0.776. The Hall–Kier alpha value is -3.75. The van der Waals surface area contributed by atoms with E-state index < -0.39 is 31.0 Å². The number of hydrogen-bond donors (Lipinski definition) is 2. The number of hydrogen-bond acceptors (Lipinski definition) is 7. The third-order valence-corrected chi connectivity index (χ3v) is 3.89. The van der Waals surface area contributed by atoms with Gasteiger partial charge in [0.25, 0.3) is 11.8 Å². The first-order chi connectivity index (χ1) is 14.0. The zero-order valence-electron chi connectivity index (χ0n) is 15.5. The van der Waals surface area contributed by atoms with E-state index in [0.717, 1.165) is 6.42 Å². The Morgan fingerprint density at radius 3 is 2.55 bits per heavy atom. The number of amides is 2. The number of primary amides is 1. The van der Waals surface area contributed by atoms with Gasteiger partial charge in [-0.05, 0) is 24.3 Å². The molecule has 0 radical (unpaired) electrons. The van der Waals surface area contributed by atoms with Crippen molar-refractivity contribution in [3.05, 3.63) is 48.0 Å². The van der Waals surface area contributed by atoms with Crippen molar-refractivity contribution in [2.45, 2.75) is 6.42 Å². The number of nitrogens with two attached hydrogens (primary N) is 1. The Bertz CT molecular complexity index is 913. The van der Waals surface area contributed by atoms with E-state index in [1.807, 2.05) is 0 Å². The number of anilines is 1. The lowest BCUT2D eigenvalue weighted by Gasteiger charge is -2.11. The highest BCUT2D eigenvalue weighted by Crippen LogP contribution is 2.32. The van der Waals surface area contributed by atoms with Crippen LogP contribution in [0.25, 0.3) is 0 Å². The zero-order valence-corrected chi connectivity index (χ0v) is 15.5. The molecular formula is C20H20N2O7. The molecule has 0 saturated carbocycles. The van der Waals surface area contributed by atoms with Crippen molar-refractivity contribution < 1.29 is 33.3 Å². The molecule has 0 saturated heterocycles. The second-order valence-corrected chi connectivity index (χ2v) is 6.07. The zero-order chi connectivity index (χ0) is 20.6. The Balaban J connectivity index is 1.46. The fourth-order valence-electron chi connectivity index (χ4n) is 2.56. The summed E-state index contributed by atoms with van der Waals surface area (Å²) in [5.74, 6) is -0.653. The second-order valence-electron chi connectivity index (χ2n) is 6.07. The number of rotatable bonds is 7. The molecule has 0 atom stereocenters. The van der Waals surface area contributed by atoms with Gasteiger partial charge in [-0.1, -0.05) is 12.1 Å². The lowest BCUT2D eigenvalue weighted by atomic mass is 10.2. The lowest BCUT2D eigenvalue weighted by molar-refractivity contribution is -0.149. The fourth-order valence-corrected chi connectivity index (χ4v) is 2.56. The van der Waals surface area contributed by atoms with E-state index in [0.29, 0.717) is 30.4 Å². The molecule has 2 aromatic carbocycles. The first kappa shape index (κ1) is 20.0. The molecule has 152 valence electrons. The SMILES string of the molecule is NC(=O)c1ccccc1OCC(=O)OCC(=O)Nc1ccc2c(c1)OCCCO2. The molecule has 0 unspecified atom stereocenters. The van der Waals surface area contributed by atoms with Crippen LogP contribution in [-0.4, -0.2) is 44.2 Å². The number of carbonyl (C=O) groups is 3. The van der Waals surface area contributed by atoms with E-state index in [9.17, 15) is 14.4 Å². The number of nitrogens with one attached hydrogen (secondary N) is 1. The van der Waals surface area contributed by atoms with Crippen molar-refractivity contribution in [2.75, 3.05) is 31.7 Å². The molecule has 1 aliphatic heterocycles. The summed E-state index contributed by atoms with van der Waals surface area (Å²) in [5.41, 5.74) is 5.87. The quantitative estimate of drug-likeness (QED) is 0.675. The highest BCUT2D eigenvalue weighted by atomic mass is 16.6. The van der Waals surface area contributed by atoms with Crippen LogP contribution in [0.3, 0.4) is 0 Å². The number of esters is 1. The maximum atomic E-state index is 12.0. The van der Waals surface area contributed by atoms with E-state index in [2.05, 4.69) is 5.32 Å². The molecule has 3 rings (SSSR count). The fraction of sp³-hybridized carbons (Fsp3) is 0.250. The van der Waals surface area contributed by atoms with Crippen molar-refractivity contribution in [2.24, 2.45) is 5.73 Å². The molecule has 0 spiro atoms. The number of para-hydroxylation sites is 1. The van der Waals surface area contributed by atoms with Gasteiger partial charge in [-0.3, -0.25) is 9.59 Å². The minimum Gasteiger partial charge on any atom is -0.490 e. The highest BCUT2D eigenvalue weighted by Gasteiger charge is 2.14. The molecule has 0 bridgehead atoms. The van der Waals surface area contributed by atoms with Crippen LogP contribution in [0.5, 0.6) is 17.2 Å². The van der Waals surface area contributed by atoms with Crippen LogP contribution >= 0.6 is 0 Å². The molecule has 1 aliphatic rings. The molecule has 2 amide bonds. The Kier molecular flexibility index (Phi) is 6.51. The third-order valence-electron chi connectivity index (χ3n) is 3.89. The topological polar surface area (TPSA) is 126 Å². The number of benzene rings is 2. The number of ether oxygens (including phenoxy) is 4. The molecule has 29 heavy (non-hydrogen) atoms. The van der Waals surface area contributed by atoms with Gasteiger partial charge in [0.1, 0.15) is 5.75 Å². The molecule has 9 nitrogen and oxygen atoms in total. The number of fused-ring (bicyclic) bond motifs is 1. The lowest BCUT2D eigenvalue weighted by Crippen LogP contribution is -2.24. The predicted molar refractivity (Wildman–Crippen MR) is 102 cm³/mol. The van der Waals surface area contributed by atoms with E-state index in [4.69, 9.17) is 24.7 Å². The predicted octanol–water partition coefficient (Wildman–Crippen LogP) is 1.51. The van der Waals surface area contributed by atoms with Gasteiger partial charge in [0.15, 0.2) is 24.7 Å². The van der Waals surface area contributed by atoms with E-state index >= 15 is 0 Å². The molecule has 9 heteroatoms. The van der Waals surface area contributed by atoms with Crippen molar-refractivity contribution in [1.29, 1.82) is 0 Å². The standard InChI is InChI=1S/C20H20N2O7/c21-20(25)14-4-1-2-5-15(14)28-12-19(24)29-11-18(23)22-13-6-7-16-17(10-13)27-9-3-8-26-16/h1-2,4-7,10H,3,8-9,11-12H2,(H2,21,25)(H,22,23). The van der Waals surface area contributed by atoms with Crippen LogP contribution in [0, 0.1) is 0 Å². The molecule has 1 heterocycles. The maximum Gasteiger partial charge on any atom is 0.344 e. The van der Waals surface area contributed by atoms with Crippen molar-refractivity contribution >= 4 is 23.5 Å². The van der Waals surface area contributed by atoms with E-state index in [1.54, 1.807) is 30.3 Å². The van der Waals surface area contributed by atoms with Gasteiger partial charge < -0.3 is 30.0 Å². The Labute approximate surface area is 166 Å². The van der Waals surface area contributed by atoms with Crippen LogP contribution in [-0.2, 0) is 14.3 Å². The molecular weight excluding hydrogens is 380 g/mol. The molecule has 3 N–H and O–H groups in total. The third kappa shape index (κ3) is 5.61. The van der Waals surface area contributed by atoms with Crippen molar-refractivity contribution in [1.82, 2.24) is 0 Å². The summed E-state index contributed by atoms with van der Waals surface area (Å²) in [5, 5.41) is 2.61. The summed E-state index contributed by atoms with van der Waals surface area (Å²) in [4.78, 5) is 35.1. The van der Waals surface area contributed by atoms with Gasteiger partial charge in [0.05, 0.1) is 18.8 Å². The Morgan fingerprint density at radius 1 is 1.00 bits per heavy atom. The van der Waals surface area contributed by atoms with Gasteiger partial charge in [0.2, 0.25) is 0 Å². The van der Waals surface area contributed by atoms with Gasteiger partial charge >= 0.3 is 5.97 Å². The highest BCUT2D eigenvalue weighted by molar-refractivity contribution is 5.95. The van der Waals surface area contributed by atoms with Gasteiger partial charge in [0, 0.05) is 18.2 Å². The summed E-state index contributed by atoms with van der Waals surface area (Å²) in [7, 11) is 0. The first-order valence-corrected chi connectivity index (χ1v) is 8.89. The average Bonchev–Trinajstić information content (AvgIpc) is 2.96. The second kappa shape index (κ2) is 9.45. The van der Waals surface area contributed by atoms with Crippen LogP contribution in [0.15, 0.2) is 42.5 Å². The van der Waals surface area contributed by atoms with E-state index in [-0.39, 0.29) is 11.3 Å². The average molecular weight is 400 g/mol. The summed E-state index contributed by atoms with van der Waals surface area (Å²) >= 11 is 0. The normalized spacial score (nSPS) is 12.4. The van der Waals surface area contributed by atoms with Crippen molar-refractivity contribution in [3.8, 4) is 17.2 Å². The van der Waals surface area contributed by atoms with Gasteiger partial charge in [-0.2, -0.15) is 0 Å². The molecule has 0 fully saturated rings. The molecule has 0 aromatic heterocycles. The van der Waals surface area contributed by atoms with E-state index in [1.165, 1.54) is 12.1 Å². The van der Waals surface area contributed by atoms with Crippen LogP contribution in [0.4, 0.5) is 5.69 Å². The van der Waals surface area contributed by atoms with Crippen LogP contribution < -0.4 is 25.3 Å². The largest absolute Gasteiger partial charge is 0.490 e. The molecule has 0 aliphatic carbocycles. The van der Waals surface area contributed by atoms with Gasteiger partial charge in [-0.25, -0.2) is 4.79 Å². The van der Waals surface area contributed by atoms with Crippen LogP contribution in [0.1, 0.15) is 16.8 Å². The minimum atomic E-state index is -0.766. The summed E-state index contributed by atoms with van der Waals surface area (Å²) < 4.78 is 21.2. The maximum absolute atomic E-state index is 12.0. The van der Waals surface area contributed by atoms with Crippen LogP contribution in [0.2, 0.25) is 0 Å². The summed E-state index contributed by atoms with van der Waals surface area (Å²) in [6.45, 7) is 0.136. The van der Waals surface area contributed by atoms with Gasteiger partial charge in [-0.15, -0.1) is 0 Å². The number of carbonyl (C=O) groups excluding carboxylic acids is 3. The van der Waals surface area contributed by atoms with Crippen molar-refractivity contribution in [3.63, 3.8) is 0 Å². The Morgan fingerprint density at radius 2 is 1.76 bits per heavy atom. The minimum absolute atomic E-state index is 0.146.